The zero-order chi connectivity index (χ0) is 13.2. The van der Waals surface area contributed by atoms with Crippen LogP contribution in [0.25, 0.3) is 0 Å². The number of benzene rings is 1. The first-order valence-corrected chi connectivity index (χ1v) is 6.67. The number of ether oxygens (including phenoxy) is 2. The van der Waals surface area contributed by atoms with Gasteiger partial charge in [-0.05, 0) is 31.5 Å². The molecule has 0 aromatic heterocycles. The van der Waals surface area contributed by atoms with E-state index in [9.17, 15) is 0 Å². The number of aryl methyl sites for hydroxylation is 1. The molecule has 1 rings (SSSR count). The molecule has 0 aliphatic heterocycles. The van der Waals surface area contributed by atoms with E-state index in [1.165, 1.54) is 5.56 Å². The highest BCUT2D eigenvalue weighted by atomic mass is 35.5. The molecule has 0 fully saturated rings. The summed E-state index contributed by atoms with van der Waals surface area (Å²) in [5, 5.41) is 0. The molecular weight excluding hydrogens is 248 g/mol. The van der Waals surface area contributed by atoms with Crippen molar-refractivity contribution in [3.05, 3.63) is 29.3 Å². The minimum Gasteiger partial charge on any atom is -0.490 e. The van der Waals surface area contributed by atoms with Gasteiger partial charge in [-0.1, -0.05) is 17.9 Å². The van der Waals surface area contributed by atoms with Crippen LogP contribution in [-0.2, 0) is 4.74 Å². The fourth-order valence-electron chi connectivity index (χ4n) is 1.43. The molecule has 98 valence electrons. The molecule has 0 bridgehead atoms. The summed E-state index contributed by atoms with van der Waals surface area (Å²) in [6, 6.07) is 5.99. The van der Waals surface area contributed by atoms with Gasteiger partial charge in [0.2, 0.25) is 0 Å². The Labute approximate surface area is 114 Å². The van der Waals surface area contributed by atoms with Crippen LogP contribution in [0.15, 0.2) is 18.2 Å². The Hall–Kier alpha value is -1.17. The Morgan fingerprint density at radius 3 is 2.83 bits per heavy atom. The van der Waals surface area contributed by atoms with Gasteiger partial charge >= 0.3 is 0 Å². The van der Waals surface area contributed by atoms with E-state index in [1.807, 2.05) is 32.0 Å². The fourth-order valence-corrected chi connectivity index (χ4v) is 1.52. The lowest BCUT2D eigenvalue weighted by molar-refractivity contribution is 0.110. The van der Waals surface area contributed by atoms with Crippen molar-refractivity contribution in [1.29, 1.82) is 0 Å². The summed E-state index contributed by atoms with van der Waals surface area (Å²) in [5.41, 5.74) is 2.08. The van der Waals surface area contributed by atoms with E-state index < -0.39 is 0 Å². The van der Waals surface area contributed by atoms with Crippen molar-refractivity contribution >= 4 is 11.6 Å². The van der Waals surface area contributed by atoms with Crippen molar-refractivity contribution in [3.63, 3.8) is 0 Å². The molecule has 2 nitrogen and oxygen atoms in total. The lowest BCUT2D eigenvalue weighted by Crippen LogP contribution is -2.07. The number of rotatable bonds is 6. The molecule has 0 saturated heterocycles. The number of halogens is 1. The third-order valence-electron chi connectivity index (χ3n) is 2.27. The quantitative estimate of drug-likeness (QED) is 0.446. The summed E-state index contributed by atoms with van der Waals surface area (Å²) in [6.07, 6.45) is 0.688. The van der Waals surface area contributed by atoms with Gasteiger partial charge in [0.1, 0.15) is 12.4 Å². The minimum absolute atomic E-state index is 0.543. The van der Waals surface area contributed by atoms with Gasteiger partial charge in [-0.3, -0.25) is 0 Å². The van der Waals surface area contributed by atoms with Crippen LogP contribution in [0, 0.1) is 18.8 Å². The monoisotopic (exact) mass is 266 g/mol. The summed E-state index contributed by atoms with van der Waals surface area (Å²) in [7, 11) is 0. The van der Waals surface area contributed by atoms with Crippen molar-refractivity contribution in [1.82, 2.24) is 0 Å². The molecule has 0 aliphatic carbocycles. The Morgan fingerprint density at radius 1 is 1.28 bits per heavy atom. The first kappa shape index (κ1) is 14.9. The summed E-state index contributed by atoms with van der Waals surface area (Å²) in [6.45, 7) is 5.85. The molecule has 1 aromatic rings. The second-order valence-corrected chi connectivity index (χ2v) is 4.16. The molecule has 0 saturated carbocycles. The summed E-state index contributed by atoms with van der Waals surface area (Å²) < 4.78 is 10.9. The zero-order valence-electron chi connectivity index (χ0n) is 11.0. The average Bonchev–Trinajstić information content (AvgIpc) is 2.37. The van der Waals surface area contributed by atoms with Gasteiger partial charge in [-0.25, -0.2) is 0 Å². The fraction of sp³-hybridized carbons (Fsp3) is 0.467. The predicted octanol–water partition coefficient (Wildman–Crippen LogP) is 3.39. The van der Waals surface area contributed by atoms with E-state index in [4.69, 9.17) is 21.1 Å². The van der Waals surface area contributed by atoms with Gasteiger partial charge in [0.15, 0.2) is 0 Å². The Morgan fingerprint density at radius 2 is 2.11 bits per heavy atom. The normalized spacial score (nSPS) is 9.72. The van der Waals surface area contributed by atoms with Crippen LogP contribution in [0.3, 0.4) is 0 Å². The van der Waals surface area contributed by atoms with Crippen LogP contribution in [-0.4, -0.2) is 25.7 Å². The van der Waals surface area contributed by atoms with Crippen molar-refractivity contribution in [2.45, 2.75) is 20.3 Å². The van der Waals surface area contributed by atoms with E-state index in [0.29, 0.717) is 32.1 Å². The highest BCUT2D eigenvalue weighted by Gasteiger charge is 2.01. The molecular formula is C15H19ClO2. The van der Waals surface area contributed by atoms with Crippen molar-refractivity contribution in [2.24, 2.45) is 0 Å². The van der Waals surface area contributed by atoms with Crippen LogP contribution in [0.1, 0.15) is 24.5 Å². The molecule has 0 radical (unpaired) electrons. The molecule has 0 heterocycles. The maximum absolute atomic E-state index is 5.66. The van der Waals surface area contributed by atoms with Crippen LogP contribution >= 0.6 is 11.6 Å². The number of hydrogen-bond acceptors (Lipinski definition) is 2. The maximum Gasteiger partial charge on any atom is 0.135 e. The summed E-state index contributed by atoms with van der Waals surface area (Å²) >= 11 is 5.61. The number of hydrogen-bond donors (Lipinski definition) is 0. The van der Waals surface area contributed by atoms with Crippen LogP contribution in [0.4, 0.5) is 0 Å². The minimum atomic E-state index is 0.543. The highest BCUT2D eigenvalue weighted by Crippen LogP contribution is 2.19. The topological polar surface area (TPSA) is 18.5 Å². The molecule has 0 amide bonds. The molecule has 0 spiro atoms. The Bertz CT molecular complexity index is 418. The number of alkyl halides is 1. The van der Waals surface area contributed by atoms with E-state index >= 15 is 0 Å². The lowest BCUT2D eigenvalue weighted by Gasteiger charge is -2.09. The van der Waals surface area contributed by atoms with Crippen molar-refractivity contribution < 1.29 is 9.47 Å². The van der Waals surface area contributed by atoms with Gasteiger partial charge in [0.25, 0.3) is 0 Å². The second kappa shape index (κ2) is 8.85. The Balaban J connectivity index is 2.68. The summed E-state index contributed by atoms with van der Waals surface area (Å²) in [5.74, 6) is 7.49. The standard InChI is InChI=1S/C15H19ClO2/c1-3-17-10-11-18-15-8-7-13(2)12-14(15)6-4-5-9-16/h7-8,12H,3,5,9-11H2,1-2H3. The third-order valence-corrected chi connectivity index (χ3v) is 2.46. The van der Waals surface area contributed by atoms with E-state index in [1.54, 1.807) is 0 Å². The molecule has 0 N–H and O–H groups in total. The van der Waals surface area contributed by atoms with E-state index in [0.717, 1.165) is 11.3 Å². The second-order valence-electron chi connectivity index (χ2n) is 3.79. The van der Waals surface area contributed by atoms with E-state index in [-0.39, 0.29) is 0 Å². The maximum atomic E-state index is 5.66. The predicted molar refractivity (Wildman–Crippen MR) is 75.4 cm³/mol. The van der Waals surface area contributed by atoms with Gasteiger partial charge < -0.3 is 9.47 Å². The first-order chi connectivity index (χ1) is 8.77. The van der Waals surface area contributed by atoms with Gasteiger partial charge in [-0.2, -0.15) is 0 Å². The highest BCUT2D eigenvalue weighted by molar-refractivity contribution is 6.18. The van der Waals surface area contributed by atoms with E-state index in [2.05, 4.69) is 11.8 Å². The van der Waals surface area contributed by atoms with Crippen LogP contribution in [0.2, 0.25) is 0 Å². The Kier molecular flexibility index (Phi) is 7.32. The molecule has 18 heavy (non-hydrogen) atoms. The summed E-state index contributed by atoms with van der Waals surface area (Å²) in [4.78, 5) is 0. The van der Waals surface area contributed by atoms with Gasteiger partial charge in [0.05, 0.1) is 12.2 Å². The van der Waals surface area contributed by atoms with Gasteiger partial charge in [-0.15, -0.1) is 11.6 Å². The van der Waals surface area contributed by atoms with Gasteiger partial charge in [0, 0.05) is 18.9 Å². The average molecular weight is 267 g/mol. The molecule has 1 aromatic carbocycles. The molecule has 0 aliphatic rings. The zero-order valence-corrected chi connectivity index (χ0v) is 11.7. The lowest BCUT2D eigenvalue weighted by atomic mass is 10.1. The SMILES string of the molecule is CCOCCOc1ccc(C)cc1C#CCCCl. The van der Waals surface area contributed by atoms with Crippen LogP contribution in [0.5, 0.6) is 5.75 Å². The molecule has 0 atom stereocenters. The smallest absolute Gasteiger partial charge is 0.135 e. The van der Waals surface area contributed by atoms with Crippen molar-refractivity contribution in [3.8, 4) is 17.6 Å². The van der Waals surface area contributed by atoms with Crippen molar-refractivity contribution in [2.75, 3.05) is 25.7 Å². The van der Waals surface area contributed by atoms with Crippen LogP contribution < -0.4 is 4.74 Å². The third kappa shape index (κ3) is 5.44. The first-order valence-electron chi connectivity index (χ1n) is 6.14. The largest absolute Gasteiger partial charge is 0.490 e. The molecule has 0 unspecified atom stereocenters. The molecule has 3 heteroatoms.